The van der Waals surface area contributed by atoms with Crippen LogP contribution in [0.25, 0.3) is 11.0 Å². The Balaban J connectivity index is 1.60. The Morgan fingerprint density at radius 3 is 2.88 bits per heavy atom. The van der Waals surface area contributed by atoms with E-state index in [1.807, 2.05) is 13.0 Å². The number of nitrogens with zero attached hydrogens (tertiary/aromatic N) is 1. The molecule has 0 aliphatic carbocycles. The summed E-state index contributed by atoms with van der Waals surface area (Å²) < 4.78 is 10.6. The smallest absolute Gasteiger partial charge is 0.336 e. The molecular weight excluding hydrogens is 356 g/mol. The van der Waals surface area contributed by atoms with Crippen LogP contribution in [0.3, 0.4) is 0 Å². The molecule has 2 aromatic carbocycles. The van der Waals surface area contributed by atoms with E-state index >= 15 is 0 Å². The summed E-state index contributed by atoms with van der Waals surface area (Å²) in [5.74, 6) is -0.0180. The van der Waals surface area contributed by atoms with E-state index in [1.54, 1.807) is 36.4 Å². The van der Waals surface area contributed by atoms with Gasteiger partial charge < -0.3 is 9.15 Å². The Morgan fingerprint density at radius 2 is 2.08 bits per heavy atom. The molecule has 0 atom stereocenters. The number of carbonyl (C=O) groups is 1. The van der Waals surface area contributed by atoms with E-state index in [4.69, 9.17) is 20.8 Å². The fourth-order valence-electron chi connectivity index (χ4n) is 2.33. The number of carbonyl (C=O) groups excluding carboxylic acids is 1. The van der Waals surface area contributed by atoms with Crippen LogP contribution in [0.4, 0.5) is 0 Å². The molecule has 26 heavy (non-hydrogen) atoms. The quantitative estimate of drug-likeness (QED) is 0.424. The molecule has 0 saturated heterocycles. The third kappa shape index (κ3) is 4.29. The number of hydrazone groups is 1. The maximum absolute atomic E-state index is 11.8. The van der Waals surface area contributed by atoms with Crippen LogP contribution in [0.1, 0.15) is 11.1 Å². The van der Waals surface area contributed by atoms with E-state index in [-0.39, 0.29) is 6.61 Å². The highest BCUT2D eigenvalue weighted by atomic mass is 35.5. The fraction of sp³-hybridized carbons (Fsp3) is 0.105. The minimum atomic E-state index is -0.432. The third-order valence-electron chi connectivity index (χ3n) is 3.59. The maximum Gasteiger partial charge on any atom is 0.336 e. The highest BCUT2D eigenvalue weighted by Gasteiger charge is 2.06. The van der Waals surface area contributed by atoms with Crippen LogP contribution >= 0.6 is 11.6 Å². The van der Waals surface area contributed by atoms with Crippen LogP contribution in [-0.2, 0) is 4.79 Å². The Hall–Kier alpha value is -3.12. The number of benzene rings is 2. The SMILES string of the molecule is Cc1cc(=O)oc2cc(OCC(=O)N/N=C/c3ccccc3Cl)ccc12. The summed E-state index contributed by atoms with van der Waals surface area (Å²) in [5, 5.41) is 5.19. The number of hydrogen-bond acceptors (Lipinski definition) is 5. The number of hydrogen-bond donors (Lipinski definition) is 1. The molecule has 1 N–H and O–H groups in total. The van der Waals surface area contributed by atoms with Gasteiger partial charge in [0.15, 0.2) is 6.61 Å². The Kier molecular flexibility index (Phi) is 5.34. The molecule has 0 radical (unpaired) electrons. The number of halogens is 1. The average Bonchev–Trinajstić information content (AvgIpc) is 2.61. The molecule has 0 aliphatic rings. The number of rotatable bonds is 5. The lowest BCUT2D eigenvalue weighted by Crippen LogP contribution is -2.24. The van der Waals surface area contributed by atoms with Gasteiger partial charge in [0.05, 0.1) is 6.21 Å². The van der Waals surface area contributed by atoms with Gasteiger partial charge in [-0.05, 0) is 30.7 Å². The highest BCUT2D eigenvalue weighted by Crippen LogP contribution is 2.22. The molecular formula is C19H15ClN2O4. The van der Waals surface area contributed by atoms with E-state index in [2.05, 4.69) is 10.5 Å². The van der Waals surface area contributed by atoms with Crippen molar-refractivity contribution in [3.8, 4) is 5.75 Å². The van der Waals surface area contributed by atoms with Crippen LogP contribution in [0, 0.1) is 6.92 Å². The summed E-state index contributed by atoms with van der Waals surface area (Å²) in [7, 11) is 0. The number of nitrogens with one attached hydrogen (secondary N) is 1. The van der Waals surface area contributed by atoms with Gasteiger partial charge in [0, 0.05) is 28.1 Å². The van der Waals surface area contributed by atoms with Gasteiger partial charge in [-0.1, -0.05) is 29.8 Å². The zero-order valence-corrected chi connectivity index (χ0v) is 14.6. The van der Waals surface area contributed by atoms with Gasteiger partial charge in [0.2, 0.25) is 0 Å². The zero-order chi connectivity index (χ0) is 18.5. The van der Waals surface area contributed by atoms with Crippen LogP contribution in [-0.4, -0.2) is 18.7 Å². The van der Waals surface area contributed by atoms with Crippen molar-refractivity contribution in [1.29, 1.82) is 0 Å². The van der Waals surface area contributed by atoms with Crippen LogP contribution in [0.2, 0.25) is 5.02 Å². The molecule has 0 spiro atoms. The largest absolute Gasteiger partial charge is 0.484 e. The Bertz CT molecular complexity index is 1040. The second-order valence-corrected chi connectivity index (χ2v) is 5.92. The van der Waals surface area contributed by atoms with Gasteiger partial charge in [-0.3, -0.25) is 4.79 Å². The highest BCUT2D eigenvalue weighted by molar-refractivity contribution is 6.33. The molecule has 0 bridgehead atoms. The summed E-state index contributed by atoms with van der Waals surface area (Å²) in [6.45, 7) is 1.59. The lowest BCUT2D eigenvalue weighted by molar-refractivity contribution is -0.123. The van der Waals surface area contributed by atoms with Crippen LogP contribution < -0.4 is 15.8 Å². The molecule has 1 heterocycles. The molecule has 7 heteroatoms. The molecule has 3 rings (SSSR count). The van der Waals surface area contributed by atoms with E-state index in [0.717, 1.165) is 10.9 Å². The number of aryl methyl sites for hydroxylation is 1. The second kappa shape index (κ2) is 7.84. The first-order valence-corrected chi connectivity index (χ1v) is 8.14. The van der Waals surface area contributed by atoms with Crippen molar-refractivity contribution in [2.75, 3.05) is 6.61 Å². The van der Waals surface area contributed by atoms with E-state index in [9.17, 15) is 9.59 Å². The van der Waals surface area contributed by atoms with Crippen molar-refractivity contribution in [1.82, 2.24) is 5.43 Å². The van der Waals surface area contributed by atoms with Crippen molar-refractivity contribution in [2.24, 2.45) is 5.10 Å². The molecule has 1 aromatic heterocycles. The average molecular weight is 371 g/mol. The molecule has 6 nitrogen and oxygen atoms in total. The van der Waals surface area contributed by atoms with Gasteiger partial charge in [-0.25, -0.2) is 10.2 Å². The second-order valence-electron chi connectivity index (χ2n) is 5.51. The first kappa shape index (κ1) is 17.7. The van der Waals surface area contributed by atoms with E-state index in [1.165, 1.54) is 12.3 Å². The first-order chi connectivity index (χ1) is 12.5. The molecule has 3 aromatic rings. The van der Waals surface area contributed by atoms with Gasteiger partial charge in [-0.15, -0.1) is 0 Å². The van der Waals surface area contributed by atoms with E-state index in [0.29, 0.717) is 21.9 Å². The predicted octanol–water partition coefficient (Wildman–Crippen LogP) is 3.28. The minimum Gasteiger partial charge on any atom is -0.484 e. The molecule has 1 amide bonds. The van der Waals surface area contributed by atoms with Crippen molar-refractivity contribution >= 4 is 34.7 Å². The predicted molar refractivity (Wildman–Crippen MR) is 99.9 cm³/mol. The summed E-state index contributed by atoms with van der Waals surface area (Å²) >= 11 is 5.99. The first-order valence-electron chi connectivity index (χ1n) is 7.77. The number of amides is 1. The van der Waals surface area contributed by atoms with Gasteiger partial charge in [0.25, 0.3) is 5.91 Å². The zero-order valence-electron chi connectivity index (χ0n) is 13.9. The fourth-order valence-corrected chi connectivity index (χ4v) is 2.51. The van der Waals surface area contributed by atoms with Crippen LogP contribution in [0.15, 0.2) is 62.8 Å². The minimum absolute atomic E-state index is 0.235. The summed E-state index contributed by atoms with van der Waals surface area (Å²) in [4.78, 5) is 23.3. The molecule has 0 aliphatic heterocycles. The van der Waals surface area contributed by atoms with Crippen molar-refractivity contribution in [2.45, 2.75) is 6.92 Å². The standard InChI is InChI=1S/C19H15ClN2O4/c1-12-8-19(24)26-17-9-14(6-7-15(12)17)25-11-18(23)22-21-10-13-4-2-3-5-16(13)20/h2-10H,11H2,1H3,(H,22,23)/b21-10+. The topological polar surface area (TPSA) is 80.9 Å². The molecule has 132 valence electrons. The lowest BCUT2D eigenvalue weighted by atomic mass is 10.1. The summed E-state index contributed by atoms with van der Waals surface area (Å²) in [6.07, 6.45) is 1.45. The summed E-state index contributed by atoms with van der Waals surface area (Å²) in [5.41, 5.74) is 3.84. The lowest BCUT2D eigenvalue weighted by Gasteiger charge is -2.06. The van der Waals surface area contributed by atoms with Crippen molar-refractivity contribution < 1.29 is 13.9 Å². The van der Waals surface area contributed by atoms with Gasteiger partial charge in [0.1, 0.15) is 11.3 Å². The molecule has 0 fully saturated rings. The normalized spacial score (nSPS) is 11.0. The number of ether oxygens (including phenoxy) is 1. The summed E-state index contributed by atoms with van der Waals surface area (Å²) in [6, 6.07) is 13.6. The maximum atomic E-state index is 11.8. The van der Waals surface area contributed by atoms with E-state index < -0.39 is 11.5 Å². The molecule has 0 unspecified atom stereocenters. The van der Waals surface area contributed by atoms with Gasteiger partial charge in [-0.2, -0.15) is 5.10 Å². The monoisotopic (exact) mass is 370 g/mol. The van der Waals surface area contributed by atoms with Crippen molar-refractivity contribution in [3.05, 3.63) is 75.1 Å². The third-order valence-corrected chi connectivity index (χ3v) is 3.94. The number of fused-ring (bicyclic) bond motifs is 1. The molecule has 0 saturated carbocycles. The van der Waals surface area contributed by atoms with Crippen LogP contribution in [0.5, 0.6) is 5.75 Å². The van der Waals surface area contributed by atoms with Crippen molar-refractivity contribution in [3.63, 3.8) is 0 Å². The Labute approximate surface area is 154 Å². The Morgan fingerprint density at radius 1 is 1.27 bits per heavy atom. The van der Waals surface area contributed by atoms with Gasteiger partial charge >= 0.3 is 5.63 Å².